The van der Waals surface area contributed by atoms with E-state index in [1.807, 2.05) is 19.1 Å². The van der Waals surface area contributed by atoms with Gasteiger partial charge in [0.15, 0.2) is 0 Å². The zero-order chi connectivity index (χ0) is 8.69. The maximum atomic E-state index is 10.1. The Balaban J connectivity index is 3.44. The van der Waals surface area contributed by atoms with E-state index in [1.165, 1.54) is 0 Å². The van der Waals surface area contributed by atoms with Gasteiger partial charge in [-0.1, -0.05) is 19.1 Å². The third kappa shape index (κ3) is 7.06. The molecular weight excluding hydrogens is 142 g/mol. The summed E-state index contributed by atoms with van der Waals surface area (Å²) in [5.74, 6) is -0.787. The van der Waals surface area contributed by atoms with Crippen LogP contribution in [0.15, 0.2) is 12.2 Å². The summed E-state index contributed by atoms with van der Waals surface area (Å²) in [4.78, 5) is 10.1. The number of hydrogen-bond donors (Lipinski definition) is 2. The summed E-state index contributed by atoms with van der Waals surface area (Å²) in [5.41, 5.74) is 5.56. The van der Waals surface area contributed by atoms with Crippen LogP contribution < -0.4 is 5.73 Å². The van der Waals surface area contributed by atoms with Crippen molar-refractivity contribution in [2.24, 2.45) is 5.73 Å². The first-order valence-corrected chi connectivity index (χ1v) is 3.80. The molecule has 0 saturated carbocycles. The van der Waals surface area contributed by atoms with Crippen molar-refractivity contribution >= 4 is 5.97 Å². The maximum Gasteiger partial charge on any atom is 0.303 e. The van der Waals surface area contributed by atoms with Gasteiger partial charge in [-0.3, -0.25) is 4.79 Å². The van der Waals surface area contributed by atoms with E-state index < -0.39 is 5.97 Å². The highest BCUT2D eigenvalue weighted by atomic mass is 16.4. The van der Waals surface area contributed by atoms with Crippen molar-refractivity contribution in [3.05, 3.63) is 12.2 Å². The Morgan fingerprint density at radius 3 is 2.82 bits per heavy atom. The summed E-state index contributed by atoms with van der Waals surface area (Å²) in [6.45, 7) is 2.01. The highest BCUT2D eigenvalue weighted by molar-refractivity contribution is 5.66. The summed E-state index contributed by atoms with van der Waals surface area (Å²) < 4.78 is 0. The minimum absolute atomic E-state index is 0.106. The van der Waals surface area contributed by atoms with Crippen LogP contribution in [0.1, 0.15) is 26.2 Å². The Kier molecular flexibility index (Phi) is 5.47. The van der Waals surface area contributed by atoms with Crippen LogP contribution in [0, 0.1) is 0 Å². The molecule has 0 spiro atoms. The fourth-order valence-corrected chi connectivity index (χ4v) is 0.697. The van der Waals surface area contributed by atoms with Crippen LogP contribution in [0.4, 0.5) is 0 Å². The molecule has 3 N–H and O–H groups in total. The molecule has 0 aliphatic carbocycles. The monoisotopic (exact) mass is 157 g/mol. The topological polar surface area (TPSA) is 63.3 Å². The average Bonchev–Trinajstić information content (AvgIpc) is 1.97. The van der Waals surface area contributed by atoms with Crippen molar-refractivity contribution < 1.29 is 9.90 Å². The molecule has 1 unspecified atom stereocenters. The Labute approximate surface area is 66.9 Å². The molecule has 64 valence electrons. The van der Waals surface area contributed by atoms with Crippen LogP contribution in [-0.4, -0.2) is 17.1 Å². The SMILES string of the molecule is CC/C=C/C(N)CCC(=O)O. The summed E-state index contributed by atoms with van der Waals surface area (Å²) >= 11 is 0. The summed E-state index contributed by atoms with van der Waals surface area (Å²) in [5, 5.41) is 8.31. The summed E-state index contributed by atoms with van der Waals surface area (Å²) in [6.07, 6.45) is 5.41. The van der Waals surface area contributed by atoms with Crippen LogP contribution in [-0.2, 0) is 4.79 Å². The third-order valence-electron chi connectivity index (χ3n) is 1.31. The molecule has 0 aliphatic rings. The van der Waals surface area contributed by atoms with Crippen LogP contribution in [0.25, 0.3) is 0 Å². The number of carboxylic acid groups (broad SMARTS) is 1. The summed E-state index contributed by atoms with van der Waals surface area (Å²) in [6, 6.07) is -0.106. The van der Waals surface area contributed by atoms with Gasteiger partial charge in [0.25, 0.3) is 0 Å². The molecule has 0 radical (unpaired) electrons. The number of carboxylic acids is 1. The highest BCUT2D eigenvalue weighted by Crippen LogP contribution is 1.96. The van der Waals surface area contributed by atoms with Crippen molar-refractivity contribution in [2.75, 3.05) is 0 Å². The quantitative estimate of drug-likeness (QED) is 0.588. The van der Waals surface area contributed by atoms with E-state index in [1.54, 1.807) is 0 Å². The zero-order valence-corrected chi connectivity index (χ0v) is 6.79. The first-order valence-electron chi connectivity index (χ1n) is 3.80. The lowest BCUT2D eigenvalue weighted by atomic mass is 10.1. The van der Waals surface area contributed by atoms with Crippen LogP contribution in [0.2, 0.25) is 0 Å². The van der Waals surface area contributed by atoms with Crippen LogP contribution in [0.5, 0.6) is 0 Å². The van der Waals surface area contributed by atoms with E-state index >= 15 is 0 Å². The zero-order valence-electron chi connectivity index (χ0n) is 6.79. The molecule has 0 aromatic heterocycles. The molecule has 0 amide bonds. The third-order valence-corrected chi connectivity index (χ3v) is 1.31. The van der Waals surface area contributed by atoms with E-state index in [0.29, 0.717) is 6.42 Å². The number of allylic oxidation sites excluding steroid dienone is 1. The van der Waals surface area contributed by atoms with Gasteiger partial charge >= 0.3 is 5.97 Å². The number of rotatable bonds is 5. The lowest BCUT2D eigenvalue weighted by molar-refractivity contribution is -0.137. The maximum absolute atomic E-state index is 10.1. The molecule has 0 aromatic carbocycles. The molecule has 3 nitrogen and oxygen atoms in total. The Morgan fingerprint density at radius 1 is 1.73 bits per heavy atom. The lowest BCUT2D eigenvalue weighted by Gasteiger charge is -2.02. The molecule has 11 heavy (non-hydrogen) atoms. The largest absolute Gasteiger partial charge is 0.481 e. The fraction of sp³-hybridized carbons (Fsp3) is 0.625. The van der Waals surface area contributed by atoms with Gasteiger partial charge in [0, 0.05) is 12.5 Å². The first kappa shape index (κ1) is 10.2. The lowest BCUT2D eigenvalue weighted by Crippen LogP contribution is -2.17. The second-order valence-electron chi connectivity index (χ2n) is 2.43. The second-order valence-corrected chi connectivity index (χ2v) is 2.43. The molecule has 0 saturated heterocycles. The number of carbonyl (C=O) groups is 1. The first-order chi connectivity index (χ1) is 5.16. The molecule has 0 heterocycles. The molecular formula is C8H15NO2. The van der Waals surface area contributed by atoms with Crippen LogP contribution >= 0.6 is 0 Å². The minimum Gasteiger partial charge on any atom is -0.481 e. The van der Waals surface area contributed by atoms with E-state index in [9.17, 15) is 4.79 Å². The molecule has 0 aromatic rings. The van der Waals surface area contributed by atoms with Crippen molar-refractivity contribution in [2.45, 2.75) is 32.2 Å². The normalized spacial score (nSPS) is 13.6. The van der Waals surface area contributed by atoms with E-state index in [4.69, 9.17) is 10.8 Å². The molecule has 0 rings (SSSR count). The molecule has 0 aliphatic heterocycles. The molecule has 0 fully saturated rings. The van der Waals surface area contributed by atoms with E-state index in [2.05, 4.69) is 0 Å². The van der Waals surface area contributed by atoms with E-state index in [-0.39, 0.29) is 12.5 Å². The number of nitrogens with two attached hydrogens (primary N) is 1. The standard InChI is InChI=1S/C8H15NO2/c1-2-3-4-7(9)5-6-8(10)11/h3-4,7H,2,5-6,9H2,1H3,(H,10,11)/b4-3+. The fourth-order valence-electron chi connectivity index (χ4n) is 0.697. The smallest absolute Gasteiger partial charge is 0.303 e. The van der Waals surface area contributed by atoms with Gasteiger partial charge in [-0.25, -0.2) is 0 Å². The number of aliphatic carboxylic acids is 1. The average molecular weight is 157 g/mol. The van der Waals surface area contributed by atoms with Crippen molar-refractivity contribution in [1.29, 1.82) is 0 Å². The molecule has 1 atom stereocenters. The van der Waals surface area contributed by atoms with E-state index in [0.717, 1.165) is 6.42 Å². The van der Waals surface area contributed by atoms with Crippen molar-refractivity contribution in [3.8, 4) is 0 Å². The van der Waals surface area contributed by atoms with Gasteiger partial charge < -0.3 is 10.8 Å². The molecule has 3 heteroatoms. The van der Waals surface area contributed by atoms with Gasteiger partial charge in [-0.2, -0.15) is 0 Å². The van der Waals surface area contributed by atoms with Gasteiger partial charge in [-0.05, 0) is 12.8 Å². The highest BCUT2D eigenvalue weighted by Gasteiger charge is 2.00. The Morgan fingerprint density at radius 2 is 2.36 bits per heavy atom. The summed E-state index contributed by atoms with van der Waals surface area (Å²) in [7, 11) is 0. The second kappa shape index (κ2) is 5.92. The van der Waals surface area contributed by atoms with Gasteiger partial charge in [0.2, 0.25) is 0 Å². The minimum atomic E-state index is -0.787. The Hall–Kier alpha value is -0.830. The van der Waals surface area contributed by atoms with Gasteiger partial charge in [-0.15, -0.1) is 0 Å². The Bertz CT molecular complexity index is 143. The van der Waals surface area contributed by atoms with Gasteiger partial charge in [0.05, 0.1) is 0 Å². The predicted molar refractivity (Wildman–Crippen MR) is 44.3 cm³/mol. The predicted octanol–water partition coefficient (Wildman–Crippen LogP) is 1.14. The van der Waals surface area contributed by atoms with Crippen LogP contribution in [0.3, 0.4) is 0 Å². The van der Waals surface area contributed by atoms with Crippen molar-refractivity contribution in [1.82, 2.24) is 0 Å². The number of hydrogen-bond acceptors (Lipinski definition) is 2. The van der Waals surface area contributed by atoms with Gasteiger partial charge in [0.1, 0.15) is 0 Å². The van der Waals surface area contributed by atoms with Crippen molar-refractivity contribution in [3.63, 3.8) is 0 Å². The molecule has 0 bridgehead atoms.